The van der Waals surface area contributed by atoms with Crippen molar-refractivity contribution >= 4 is 34.3 Å². The zero-order valence-electron chi connectivity index (χ0n) is 17.6. The van der Waals surface area contributed by atoms with Gasteiger partial charge in [0, 0.05) is 12.7 Å². The minimum Gasteiger partial charge on any atom is -0.495 e. The Kier molecular flexibility index (Phi) is 5.98. The van der Waals surface area contributed by atoms with Crippen molar-refractivity contribution in [1.29, 1.82) is 0 Å². The van der Waals surface area contributed by atoms with Crippen LogP contribution in [0.15, 0.2) is 71.7 Å². The van der Waals surface area contributed by atoms with E-state index in [9.17, 15) is 9.59 Å². The van der Waals surface area contributed by atoms with E-state index in [1.807, 2.05) is 31.2 Å². The summed E-state index contributed by atoms with van der Waals surface area (Å²) in [5, 5.41) is 3.65. The maximum atomic E-state index is 12.9. The zero-order chi connectivity index (χ0) is 22.5. The number of anilines is 3. The molecule has 1 amide bonds. The number of fused-ring (bicyclic) bond motifs is 1. The predicted molar refractivity (Wildman–Crippen MR) is 123 cm³/mol. The summed E-state index contributed by atoms with van der Waals surface area (Å²) in [6, 6.07) is 17.7. The van der Waals surface area contributed by atoms with Crippen LogP contribution < -0.4 is 26.5 Å². The topological polar surface area (TPSA) is 110 Å². The largest absolute Gasteiger partial charge is 0.495 e. The minimum atomic E-state index is -0.444. The summed E-state index contributed by atoms with van der Waals surface area (Å²) >= 11 is 0. The Morgan fingerprint density at radius 2 is 1.84 bits per heavy atom. The molecule has 0 atom stereocenters. The summed E-state index contributed by atoms with van der Waals surface area (Å²) in [7, 11) is 1.57. The molecule has 9 heteroatoms. The van der Waals surface area contributed by atoms with Crippen LogP contribution in [0.2, 0.25) is 0 Å². The van der Waals surface area contributed by atoms with Crippen LogP contribution in [0.25, 0.3) is 10.9 Å². The van der Waals surface area contributed by atoms with E-state index in [0.717, 1.165) is 0 Å². The van der Waals surface area contributed by atoms with E-state index in [1.54, 1.807) is 49.7 Å². The number of hydrogen-bond acceptors (Lipinski definition) is 7. The number of pyridine rings is 1. The van der Waals surface area contributed by atoms with Crippen LogP contribution in [0.5, 0.6) is 5.75 Å². The van der Waals surface area contributed by atoms with Gasteiger partial charge in [-0.3, -0.25) is 25.0 Å². The summed E-state index contributed by atoms with van der Waals surface area (Å²) in [5.74, 6) is 0.777. The summed E-state index contributed by atoms with van der Waals surface area (Å²) in [4.78, 5) is 34.4. The van der Waals surface area contributed by atoms with Gasteiger partial charge in [0.1, 0.15) is 11.6 Å². The molecule has 0 bridgehead atoms. The molecule has 2 heterocycles. The Labute approximate surface area is 184 Å². The Balaban J connectivity index is 1.59. The van der Waals surface area contributed by atoms with Gasteiger partial charge in [0.15, 0.2) is 0 Å². The number of methoxy groups -OCH3 is 1. The third-order valence-electron chi connectivity index (χ3n) is 4.88. The summed E-state index contributed by atoms with van der Waals surface area (Å²) in [6.07, 6.45) is 1.58. The van der Waals surface area contributed by atoms with Crippen molar-refractivity contribution in [2.75, 3.05) is 17.9 Å². The van der Waals surface area contributed by atoms with Gasteiger partial charge in [-0.2, -0.15) is 0 Å². The number of hydrazine groups is 1. The molecule has 0 aliphatic rings. The molecule has 0 spiro atoms. The first-order chi connectivity index (χ1) is 15.6. The van der Waals surface area contributed by atoms with E-state index >= 15 is 0 Å². The molecule has 4 rings (SSSR count). The second kappa shape index (κ2) is 9.17. The molecule has 0 aliphatic carbocycles. The Hall–Kier alpha value is -4.40. The average Bonchev–Trinajstić information content (AvgIpc) is 2.83. The van der Waals surface area contributed by atoms with Crippen LogP contribution >= 0.6 is 0 Å². The molecule has 0 radical (unpaired) electrons. The maximum absolute atomic E-state index is 12.9. The lowest BCUT2D eigenvalue weighted by Crippen LogP contribution is -2.34. The van der Waals surface area contributed by atoms with Gasteiger partial charge < -0.3 is 10.1 Å². The quantitative estimate of drug-likeness (QED) is 0.386. The lowest BCUT2D eigenvalue weighted by molar-refractivity contribution is 0.0962. The molecular weight excluding hydrogens is 408 g/mol. The molecule has 162 valence electrons. The average molecular weight is 430 g/mol. The van der Waals surface area contributed by atoms with E-state index in [1.165, 1.54) is 4.57 Å². The SMILES string of the molecule is CCn1c(NNC(=O)c2cccnc2Nc2ccccc2OC)nc2ccccc2c1=O. The van der Waals surface area contributed by atoms with E-state index < -0.39 is 5.91 Å². The van der Waals surface area contributed by atoms with Crippen LogP contribution in [-0.2, 0) is 6.54 Å². The molecule has 2 aromatic heterocycles. The van der Waals surface area contributed by atoms with Crippen LogP contribution in [0.4, 0.5) is 17.5 Å². The Morgan fingerprint density at radius 1 is 1.06 bits per heavy atom. The van der Waals surface area contributed by atoms with Crippen LogP contribution in [0, 0.1) is 0 Å². The van der Waals surface area contributed by atoms with Gasteiger partial charge in [0.05, 0.1) is 29.3 Å². The van der Waals surface area contributed by atoms with Crippen molar-refractivity contribution in [3.63, 3.8) is 0 Å². The highest BCUT2D eigenvalue weighted by Gasteiger charge is 2.15. The monoisotopic (exact) mass is 430 g/mol. The van der Waals surface area contributed by atoms with Crippen molar-refractivity contribution in [2.45, 2.75) is 13.5 Å². The number of carbonyl (C=O) groups is 1. The number of rotatable bonds is 7. The van der Waals surface area contributed by atoms with Gasteiger partial charge in [-0.05, 0) is 43.3 Å². The smallest absolute Gasteiger partial charge is 0.273 e. The molecule has 0 unspecified atom stereocenters. The fraction of sp³-hybridized carbons (Fsp3) is 0.130. The number of benzene rings is 2. The van der Waals surface area contributed by atoms with Gasteiger partial charge in [0.25, 0.3) is 11.5 Å². The highest BCUT2D eigenvalue weighted by molar-refractivity contribution is 6.00. The van der Waals surface area contributed by atoms with Crippen molar-refractivity contribution in [3.8, 4) is 5.75 Å². The molecule has 0 saturated heterocycles. The lowest BCUT2D eigenvalue weighted by Gasteiger charge is -2.16. The first-order valence-electron chi connectivity index (χ1n) is 10.0. The Morgan fingerprint density at radius 3 is 2.66 bits per heavy atom. The summed E-state index contributed by atoms with van der Waals surface area (Å²) in [5.41, 5.74) is 6.73. The zero-order valence-corrected chi connectivity index (χ0v) is 17.6. The van der Waals surface area contributed by atoms with Crippen molar-refractivity contribution < 1.29 is 9.53 Å². The van der Waals surface area contributed by atoms with Gasteiger partial charge >= 0.3 is 0 Å². The summed E-state index contributed by atoms with van der Waals surface area (Å²) < 4.78 is 6.81. The Bertz CT molecular complexity index is 1330. The second-order valence-electron chi connectivity index (χ2n) is 6.81. The normalized spacial score (nSPS) is 10.6. The molecule has 3 N–H and O–H groups in total. The summed E-state index contributed by atoms with van der Waals surface area (Å²) in [6.45, 7) is 2.23. The van der Waals surface area contributed by atoms with Gasteiger partial charge in [-0.15, -0.1) is 0 Å². The number of ether oxygens (including phenoxy) is 1. The fourth-order valence-corrected chi connectivity index (χ4v) is 3.30. The van der Waals surface area contributed by atoms with Crippen LogP contribution in [-0.4, -0.2) is 27.6 Å². The number of hydrogen-bond donors (Lipinski definition) is 3. The molecule has 0 saturated carbocycles. The molecule has 0 fully saturated rings. The number of carbonyl (C=O) groups excluding carboxylic acids is 1. The molecular formula is C23H22N6O3. The molecule has 4 aromatic rings. The van der Waals surface area contributed by atoms with Crippen molar-refractivity contribution in [3.05, 3.63) is 82.8 Å². The number of nitrogens with zero attached hydrogens (tertiary/aromatic N) is 3. The van der Waals surface area contributed by atoms with Gasteiger partial charge in [-0.25, -0.2) is 9.97 Å². The predicted octanol–water partition coefficient (Wildman–Crippen LogP) is 3.32. The molecule has 0 aliphatic heterocycles. The number of para-hydroxylation sites is 3. The number of nitrogens with one attached hydrogen (secondary N) is 3. The standard InChI is InChI=1S/C23H22N6O3/c1-3-29-22(31)15-9-4-5-11-17(15)26-23(29)28-27-21(30)16-10-8-14-24-20(16)25-18-12-6-7-13-19(18)32-2/h4-14H,3H2,1-2H3,(H,24,25)(H,26,28)(H,27,30). The lowest BCUT2D eigenvalue weighted by atomic mass is 10.2. The van der Waals surface area contributed by atoms with E-state index in [0.29, 0.717) is 40.3 Å². The second-order valence-corrected chi connectivity index (χ2v) is 6.81. The van der Waals surface area contributed by atoms with E-state index in [4.69, 9.17) is 4.74 Å². The third kappa shape index (κ3) is 4.08. The third-order valence-corrected chi connectivity index (χ3v) is 4.88. The van der Waals surface area contributed by atoms with Gasteiger partial charge in [-0.1, -0.05) is 24.3 Å². The fourth-order valence-electron chi connectivity index (χ4n) is 3.30. The minimum absolute atomic E-state index is 0.185. The maximum Gasteiger partial charge on any atom is 0.273 e. The first kappa shape index (κ1) is 20.9. The number of aromatic nitrogens is 3. The molecule has 32 heavy (non-hydrogen) atoms. The van der Waals surface area contributed by atoms with Gasteiger partial charge in [0.2, 0.25) is 5.95 Å². The molecule has 2 aromatic carbocycles. The highest BCUT2D eigenvalue weighted by Crippen LogP contribution is 2.27. The van der Waals surface area contributed by atoms with Crippen LogP contribution in [0.1, 0.15) is 17.3 Å². The number of amides is 1. The van der Waals surface area contributed by atoms with Crippen LogP contribution in [0.3, 0.4) is 0 Å². The van der Waals surface area contributed by atoms with E-state index in [2.05, 4.69) is 26.1 Å². The van der Waals surface area contributed by atoms with E-state index in [-0.39, 0.29) is 11.5 Å². The van der Waals surface area contributed by atoms with Crippen molar-refractivity contribution in [2.24, 2.45) is 0 Å². The first-order valence-corrected chi connectivity index (χ1v) is 10.0. The van der Waals surface area contributed by atoms with Crippen molar-refractivity contribution in [1.82, 2.24) is 20.0 Å². The molecule has 9 nitrogen and oxygen atoms in total. The highest BCUT2D eigenvalue weighted by atomic mass is 16.5.